The first-order valence-corrected chi connectivity index (χ1v) is 12.8. The van der Waals surface area contributed by atoms with Gasteiger partial charge in [-0.1, -0.05) is 18.2 Å². The van der Waals surface area contributed by atoms with Gasteiger partial charge in [-0.2, -0.15) is 32.2 Å². The summed E-state index contributed by atoms with van der Waals surface area (Å²) in [7, 11) is -8.71. The van der Waals surface area contributed by atoms with Crippen LogP contribution in [0.25, 0.3) is 10.9 Å². The second-order valence-electron chi connectivity index (χ2n) is 7.35. The van der Waals surface area contributed by atoms with E-state index in [9.17, 15) is 29.4 Å². The summed E-state index contributed by atoms with van der Waals surface area (Å²) in [5, 5.41) is 15.5. The van der Waals surface area contributed by atoms with E-state index in [-0.39, 0.29) is 22.3 Å². The Kier molecular flexibility index (Phi) is 6.56. The summed E-state index contributed by atoms with van der Waals surface area (Å²) in [6.07, 6.45) is 0. The molecule has 0 spiro atoms. The van der Waals surface area contributed by atoms with Crippen molar-refractivity contribution in [1.29, 1.82) is 0 Å². The Bertz CT molecular complexity index is 1800. The van der Waals surface area contributed by atoms with Crippen molar-refractivity contribution >= 4 is 54.1 Å². The average molecular weight is 532 g/mol. The van der Waals surface area contributed by atoms with Crippen LogP contribution in [0.1, 0.15) is 0 Å². The van der Waals surface area contributed by atoms with Crippen LogP contribution in [0.2, 0.25) is 0 Å². The van der Waals surface area contributed by atoms with Gasteiger partial charge in [-0.15, -0.1) is 12.9 Å². The number of benzene rings is 3. The first-order valence-electron chi connectivity index (χ1n) is 10.00. The molecule has 0 aliphatic carbocycles. The zero-order valence-corrected chi connectivity index (χ0v) is 19.9. The highest BCUT2D eigenvalue weighted by Crippen LogP contribution is 2.32. The van der Waals surface area contributed by atoms with Gasteiger partial charge in [-0.05, 0) is 54.6 Å². The summed E-state index contributed by atoms with van der Waals surface area (Å²) in [5.74, 6) is 0. The normalized spacial score (nSPS) is 12.6. The van der Waals surface area contributed by atoms with Gasteiger partial charge in [0.2, 0.25) is 0 Å². The van der Waals surface area contributed by atoms with E-state index in [0.29, 0.717) is 5.69 Å². The Balaban J connectivity index is 1.63. The van der Waals surface area contributed by atoms with E-state index >= 15 is 0 Å². The lowest BCUT2D eigenvalue weighted by atomic mass is 10.2. The maximum absolute atomic E-state index is 14.2. The molecule has 0 unspecified atom stereocenters. The van der Waals surface area contributed by atoms with E-state index in [1.807, 2.05) is 0 Å². The third kappa shape index (κ3) is 5.23. The molecule has 0 amide bonds. The molecule has 10 nitrogen and oxygen atoms in total. The molecule has 4 aromatic rings. The standard InChI is InChI=1S/C22H15F2N5O5S2/c1-29-19-5-3-2-4-18(19)21(36(24,33)34)20(22(29)30)28-27-15-8-6-14(7-9-15)25-26-16-10-12-17(13-11-16)35(23,31)32/h2-13H,1H3. The van der Waals surface area contributed by atoms with Crippen molar-refractivity contribution in [1.82, 2.24) is 4.57 Å². The molecule has 0 saturated carbocycles. The smallest absolute Gasteiger partial charge is 0.309 e. The Labute approximate surface area is 203 Å². The van der Waals surface area contributed by atoms with Gasteiger partial charge in [0, 0.05) is 12.4 Å². The van der Waals surface area contributed by atoms with Crippen LogP contribution in [0.15, 0.2) is 108 Å². The van der Waals surface area contributed by atoms with E-state index in [0.717, 1.165) is 16.7 Å². The summed E-state index contributed by atoms with van der Waals surface area (Å²) in [4.78, 5) is 11.4. The minimum atomic E-state index is -5.30. The van der Waals surface area contributed by atoms with Crippen LogP contribution in [0.4, 0.5) is 30.5 Å². The molecule has 4 rings (SSSR count). The molecule has 3 aromatic carbocycles. The van der Waals surface area contributed by atoms with Crippen LogP contribution in [0.3, 0.4) is 0 Å². The molecule has 0 aliphatic rings. The van der Waals surface area contributed by atoms with Crippen molar-refractivity contribution in [3.8, 4) is 0 Å². The first kappa shape index (κ1) is 24.9. The van der Waals surface area contributed by atoms with Gasteiger partial charge in [-0.3, -0.25) is 4.79 Å². The Hall–Kier alpha value is -4.17. The Morgan fingerprint density at radius 2 is 1.14 bits per heavy atom. The van der Waals surface area contributed by atoms with Crippen LogP contribution in [-0.4, -0.2) is 21.4 Å². The summed E-state index contributed by atoms with van der Waals surface area (Å²) in [5.41, 5.74) is -0.438. The molecule has 0 N–H and O–H groups in total. The SMILES string of the molecule is Cn1c(=O)c(N=Nc2ccc(N=Nc3ccc(S(=O)(=O)F)cc3)cc2)c(S(=O)(=O)F)c2ccccc21. The lowest BCUT2D eigenvalue weighted by Gasteiger charge is -2.09. The fourth-order valence-electron chi connectivity index (χ4n) is 3.27. The molecule has 0 atom stereocenters. The highest BCUT2D eigenvalue weighted by atomic mass is 32.3. The maximum Gasteiger partial charge on any atom is 0.335 e. The number of aromatic nitrogens is 1. The highest BCUT2D eigenvalue weighted by molar-refractivity contribution is 7.87. The molecule has 1 aromatic heterocycles. The Morgan fingerprint density at radius 3 is 1.64 bits per heavy atom. The van der Waals surface area contributed by atoms with Crippen molar-refractivity contribution in [3.63, 3.8) is 0 Å². The van der Waals surface area contributed by atoms with Crippen molar-refractivity contribution in [3.05, 3.63) is 83.2 Å². The van der Waals surface area contributed by atoms with Gasteiger partial charge in [0.15, 0.2) is 5.69 Å². The average Bonchev–Trinajstić information content (AvgIpc) is 2.83. The number of aryl methyl sites for hydroxylation is 1. The summed E-state index contributed by atoms with van der Waals surface area (Å²) in [6, 6.07) is 16.5. The molecule has 184 valence electrons. The van der Waals surface area contributed by atoms with Gasteiger partial charge in [0.05, 0.1) is 27.5 Å². The molecule has 0 bridgehead atoms. The lowest BCUT2D eigenvalue weighted by Crippen LogP contribution is -2.19. The fraction of sp³-hybridized carbons (Fsp3) is 0.0455. The van der Waals surface area contributed by atoms with Crippen LogP contribution in [0.5, 0.6) is 0 Å². The quantitative estimate of drug-likeness (QED) is 0.232. The highest BCUT2D eigenvalue weighted by Gasteiger charge is 2.26. The molecule has 0 aliphatic heterocycles. The van der Waals surface area contributed by atoms with Crippen LogP contribution < -0.4 is 5.56 Å². The number of halogens is 2. The minimum Gasteiger partial charge on any atom is -0.309 e. The van der Waals surface area contributed by atoms with Crippen molar-refractivity contribution in [2.45, 2.75) is 9.79 Å². The van der Waals surface area contributed by atoms with Gasteiger partial charge >= 0.3 is 20.4 Å². The molecule has 0 saturated heterocycles. The molecule has 36 heavy (non-hydrogen) atoms. The van der Waals surface area contributed by atoms with E-state index in [4.69, 9.17) is 0 Å². The lowest BCUT2D eigenvalue weighted by molar-refractivity contribution is 0.550. The van der Waals surface area contributed by atoms with Crippen molar-refractivity contribution in [2.75, 3.05) is 0 Å². The molecule has 0 radical (unpaired) electrons. The monoisotopic (exact) mass is 531 g/mol. The summed E-state index contributed by atoms with van der Waals surface area (Å²) < 4.78 is 73.7. The minimum absolute atomic E-state index is 0.0102. The number of rotatable bonds is 6. The Morgan fingerprint density at radius 1 is 0.667 bits per heavy atom. The molecule has 0 fully saturated rings. The zero-order valence-electron chi connectivity index (χ0n) is 18.3. The molecule has 1 heterocycles. The van der Waals surface area contributed by atoms with E-state index < -0.39 is 41.5 Å². The van der Waals surface area contributed by atoms with Gasteiger partial charge < -0.3 is 4.57 Å². The zero-order chi connectivity index (χ0) is 26.1. The second-order valence-corrected chi connectivity index (χ2v) is 9.98. The van der Waals surface area contributed by atoms with Crippen molar-refractivity contribution < 1.29 is 24.6 Å². The van der Waals surface area contributed by atoms with E-state index in [1.165, 1.54) is 61.6 Å². The number of fused-ring (bicyclic) bond motifs is 1. The fourth-order valence-corrected chi connectivity index (χ4v) is 4.53. The third-order valence-corrected chi connectivity index (χ3v) is 6.73. The number of para-hydroxylation sites is 1. The predicted molar refractivity (Wildman–Crippen MR) is 127 cm³/mol. The van der Waals surface area contributed by atoms with E-state index in [1.54, 1.807) is 6.07 Å². The first-order chi connectivity index (χ1) is 16.9. The third-order valence-electron chi connectivity index (χ3n) is 4.99. The predicted octanol–water partition coefficient (Wildman–Crippen LogP) is 5.69. The van der Waals surface area contributed by atoms with Crippen molar-refractivity contribution in [2.24, 2.45) is 27.5 Å². The summed E-state index contributed by atoms with van der Waals surface area (Å²) >= 11 is 0. The van der Waals surface area contributed by atoms with Crippen LogP contribution in [0, 0.1) is 0 Å². The van der Waals surface area contributed by atoms with E-state index in [2.05, 4.69) is 20.5 Å². The van der Waals surface area contributed by atoms with Crippen LogP contribution >= 0.6 is 0 Å². The number of pyridine rings is 1. The van der Waals surface area contributed by atoms with Gasteiger partial charge in [0.1, 0.15) is 4.90 Å². The molecular weight excluding hydrogens is 516 g/mol. The second kappa shape index (κ2) is 9.47. The molecule has 14 heteroatoms. The number of azo groups is 2. The maximum atomic E-state index is 14.2. The number of hydrogen-bond acceptors (Lipinski definition) is 9. The van der Waals surface area contributed by atoms with Gasteiger partial charge in [-0.25, -0.2) is 0 Å². The van der Waals surface area contributed by atoms with Crippen LogP contribution in [-0.2, 0) is 27.5 Å². The number of nitrogens with zero attached hydrogens (tertiary/aromatic N) is 5. The summed E-state index contributed by atoms with van der Waals surface area (Å²) in [6.45, 7) is 0. The number of hydrogen-bond donors (Lipinski definition) is 0. The molecular formula is C22H15F2N5O5S2. The topological polar surface area (TPSA) is 140 Å². The largest absolute Gasteiger partial charge is 0.335 e. The van der Waals surface area contributed by atoms with Gasteiger partial charge in [0.25, 0.3) is 5.56 Å².